The number of hydrogen-bond donors (Lipinski definition) is 1. The summed E-state index contributed by atoms with van der Waals surface area (Å²) in [6.45, 7) is 8.13. The lowest BCUT2D eigenvalue weighted by Gasteiger charge is -2.17. The summed E-state index contributed by atoms with van der Waals surface area (Å²) < 4.78 is 0. The van der Waals surface area contributed by atoms with Crippen LogP contribution in [0.3, 0.4) is 0 Å². The maximum atomic E-state index is 3.87. The molecule has 0 atom stereocenters. The summed E-state index contributed by atoms with van der Waals surface area (Å²) in [4.78, 5) is 0. The van der Waals surface area contributed by atoms with Crippen molar-refractivity contribution in [3.05, 3.63) is 59.3 Å². The standard InChI is InChI=1S/C16H19N/c1-4-14-11-12(2)9-10-16(14)17-15-8-6-5-7-13(15)3/h4-5,7,9-11,17H,1,6,8H2,2-3H3. The fraction of sp³-hybridized carbons (Fsp3) is 0.250. The average Bonchev–Trinajstić information content (AvgIpc) is 2.34. The van der Waals surface area contributed by atoms with Gasteiger partial charge >= 0.3 is 0 Å². The van der Waals surface area contributed by atoms with Gasteiger partial charge < -0.3 is 5.32 Å². The third-order valence-corrected chi connectivity index (χ3v) is 3.12. The van der Waals surface area contributed by atoms with Gasteiger partial charge in [0.2, 0.25) is 0 Å². The Morgan fingerprint density at radius 1 is 1.29 bits per heavy atom. The van der Waals surface area contributed by atoms with E-state index in [0.717, 1.165) is 18.5 Å². The van der Waals surface area contributed by atoms with Crippen molar-refractivity contribution in [2.24, 2.45) is 0 Å². The Labute approximate surface area is 104 Å². The van der Waals surface area contributed by atoms with Crippen LogP contribution >= 0.6 is 0 Å². The van der Waals surface area contributed by atoms with Gasteiger partial charge in [0.05, 0.1) is 0 Å². The molecule has 0 heterocycles. The summed E-state index contributed by atoms with van der Waals surface area (Å²) in [5.41, 5.74) is 6.22. The van der Waals surface area contributed by atoms with Crippen molar-refractivity contribution >= 4 is 11.8 Å². The molecule has 1 aliphatic rings. The van der Waals surface area contributed by atoms with E-state index in [0.29, 0.717) is 0 Å². The van der Waals surface area contributed by atoms with Crippen molar-refractivity contribution in [1.82, 2.24) is 0 Å². The van der Waals surface area contributed by atoms with E-state index in [2.05, 4.69) is 56.1 Å². The lowest BCUT2D eigenvalue weighted by Crippen LogP contribution is -2.05. The van der Waals surface area contributed by atoms with Crippen LogP contribution in [0.2, 0.25) is 0 Å². The van der Waals surface area contributed by atoms with Crippen LogP contribution in [0.15, 0.2) is 48.2 Å². The van der Waals surface area contributed by atoms with Crippen molar-refractivity contribution < 1.29 is 0 Å². The summed E-state index contributed by atoms with van der Waals surface area (Å²) in [5.74, 6) is 0. The van der Waals surface area contributed by atoms with E-state index < -0.39 is 0 Å². The molecule has 1 aromatic rings. The topological polar surface area (TPSA) is 12.0 Å². The van der Waals surface area contributed by atoms with Crippen molar-refractivity contribution in [2.45, 2.75) is 26.7 Å². The molecule has 0 spiro atoms. The molecule has 1 aromatic carbocycles. The van der Waals surface area contributed by atoms with E-state index in [1.807, 2.05) is 6.08 Å². The minimum atomic E-state index is 1.09. The Morgan fingerprint density at radius 2 is 2.12 bits per heavy atom. The van der Waals surface area contributed by atoms with E-state index in [-0.39, 0.29) is 0 Å². The van der Waals surface area contributed by atoms with Crippen LogP contribution < -0.4 is 5.32 Å². The molecule has 1 N–H and O–H groups in total. The molecule has 1 aliphatic carbocycles. The van der Waals surface area contributed by atoms with Gasteiger partial charge in [-0.05, 0) is 50.0 Å². The average molecular weight is 225 g/mol. The van der Waals surface area contributed by atoms with Crippen LogP contribution in [0.25, 0.3) is 6.08 Å². The second kappa shape index (κ2) is 5.05. The van der Waals surface area contributed by atoms with Gasteiger partial charge in [0.1, 0.15) is 0 Å². The summed E-state index contributed by atoms with van der Waals surface area (Å²) in [6.07, 6.45) is 8.53. The molecule has 17 heavy (non-hydrogen) atoms. The SMILES string of the molecule is C=Cc1cc(C)ccc1NC1=C(C)C=CCC1. The third-order valence-electron chi connectivity index (χ3n) is 3.12. The Hall–Kier alpha value is -1.76. The van der Waals surface area contributed by atoms with Crippen LogP contribution in [0.4, 0.5) is 5.69 Å². The second-order valence-electron chi connectivity index (χ2n) is 4.52. The zero-order valence-corrected chi connectivity index (χ0v) is 10.6. The zero-order chi connectivity index (χ0) is 12.3. The van der Waals surface area contributed by atoms with Gasteiger partial charge in [-0.3, -0.25) is 0 Å². The van der Waals surface area contributed by atoms with Gasteiger partial charge in [-0.2, -0.15) is 0 Å². The van der Waals surface area contributed by atoms with Crippen molar-refractivity contribution in [1.29, 1.82) is 0 Å². The summed E-state index contributed by atoms with van der Waals surface area (Å²) in [6, 6.07) is 6.42. The van der Waals surface area contributed by atoms with Gasteiger partial charge in [-0.1, -0.05) is 36.4 Å². The number of hydrogen-bond acceptors (Lipinski definition) is 1. The zero-order valence-electron chi connectivity index (χ0n) is 10.6. The molecule has 1 nitrogen and oxygen atoms in total. The monoisotopic (exact) mass is 225 g/mol. The highest BCUT2D eigenvalue weighted by atomic mass is 14.9. The first-order chi connectivity index (χ1) is 8.20. The van der Waals surface area contributed by atoms with Crippen molar-refractivity contribution in [3.8, 4) is 0 Å². The highest BCUT2D eigenvalue weighted by Crippen LogP contribution is 2.25. The number of rotatable bonds is 3. The number of aryl methyl sites for hydroxylation is 1. The maximum absolute atomic E-state index is 3.87. The van der Waals surface area contributed by atoms with Crippen LogP contribution in [0, 0.1) is 6.92 Å². The van der Waals surface area contributed by atoms with Gasteiger partial charge in [-0.25, -0.2) is 0 Å². The van der Waals surface area contributed by atoms with E-state index in [1.165, 1.54) is 22.4 Å². The van der Waals surface area contributed by atoms with Crippen LogP contribution in [-0.4, -0.2) is 0 Å². The number of anilines is 1. The Balaban J connectivity index is 2.30. The van der Waals surface area contributed by atoms with E-state index in [4.69, 9.17) is 0 Å². The highest BCUT2D eigenvalue weighted by molar-refractivity contribution is 5.68. The second-order valence-corrected chi connectivity index (χ2v) is 4.52. The molecule has 1 heteroatoms. The lowest BCUT2D eigenvalue weighted by atomic mass is 10.0. The van der Waals surface area contributed by atoms with Gasteiger partial charge in [0, 0.05) is 11.4 Å². The van der Waals surface area contributed by atoms with Gasteiger partial charge in [-0.15, -0.1) is 0 Å². The number of allylic oxidation sites excluding steroid dienone is 4. The van der Waals surface area contributed by atoms with Crippen molar-refractivity contribution in [3.63, 3.8) is 0 Å². The Bertz CT molecular complexity index is 492. The molecule has 0 fully saturated rings. The molecule has 0 unspecified atom stereocenters. The van der Waals surface area contributed by atoms with E-state index in [1.54, 1.807) is 0 Å². The lowest BCUT2D eigenvalue weighted by molar-refractivity contribution is 0.944. The van der Waals surface area contributed by atoms with Crippen LogP contribution in [0.5, 0.6) is 0 Å². The molecule has 0 amide bonds. The van der Waals surface area contributed by atoms with E-state index in [9.17, 15) is 0 Å². The molecule has 2 rings (SSSR count). The Kier molecular flexibility index (Phi) is 3.48. The summed E-state index contributed by atoms with van der Waals surface area (Å²) in [7, 11) is 0. The quantitative estimate of drug-likeness (QED) is 0.788. The van der Waals surface area contributed by atoms with Crippen molar-refractivity contribution in [2.75, 3.05) is 5.32 Å². The Morgan fingerprint density at radius 3 is 2.82 bits per heavy atom. The number of nitrogens with one attached hydrogen (secondary N) is 1. The smallest absolute Gasteiger partial charge is 0.0455 e. The molecule has 0 saturated heterocycles. The minimum absolute atomic E-state index is 1.09. The maximum Gasteiger partial charge on any atom is 0.0455 e. The first-order valence-corrected chi connectivity index (χ1v) is 6.07. The molecular weight excluding hydrogens is 206 g/mol. The minimum Gasteiger partial charge on any atom is -0.358 e. The summed E-state index contributed by atoms with van der Waals surface area (Å²) in [5, 5.41) is 3.53. The highest BCUT2D eigenvalue weighted by Gasteiger charge is 2.07. The molecule has 0 saturated carbocycles. The predicted molar refractivity (Wildman–Crippen MR) is 76.0 cm³/mol. The first kappa shape index (κ1) is 11.7. The fourth-order valence-corrected chi connectivity index (χ4v) is 2.07. The molecule has 0 aromatic heterocycles. The normalized spacial score (nSPS) is 14.9. The first-order valence-electron chi connectivity index (χ1n) is 6.07. The largest absolute Gasteiger partial charge is 0.358 e. The van der Waals surface area contributed by atoms with Gasteiger partial charge in [0.15, 0.2) is 0 Å². The molecule has 0 bridgehead atoms. The van der Waals surface area contributed by atoms with E-state index >= 15 is 0 Å². The predicted octanol–water partition coefficient (Wildman–Crippen LogP) is 4.67. The van der Waals surface area contributed by atoms with Gasteiger partial charge in [0.25, 0.3) is 0 Å². The molecule has 0 aliphatic heterocycles. The van der Waals surface area contributed by atoms with Crippen LogP contribution in [0.1, 0.15) is 30.9 Å². The molecule has 0 radical (unpaired) electrons. The molecular formula is C16H19N. The fourth-order valence-electron chi connectivity index (χ4n) is 2.07. The summed E-state index contributed by atoms with van der Waals surface area (Å²) >= 11 is 0. The van der Waals surface area contributed by atoms with Crippen LogP contribution in [-0.2, 0) is 0 Å². The number of benzene rings is 1. The molecule has 88 valence electrons. The third kappa shape index (κ3) is 2.68.